The van der Waals surface area contributed by atoms with Gasteiger partial charge in [-0.05, 0) is 30.7 Å². The van der Waals surface area contributed by atoms with E-state index < -0.39 is 24.9 Å². The molecule has 0 radical (unpaired) electrons. The predicted molar refractivity (Wildman–Crippen MR) is 79.8 cm³/mol. The standard InChI is InChI=1S/C15H17F3N4O2/c1-9-6-10(2-3-11(9)16)14-21-13(24-22-14)5-4-12(23)20-8-15(17,18)7-19/h2-3,6H,4-5,7-8,19H2,1H3,(H,20,23). The fourth-order valence-electron chi connectivity index (χ4n) is 1.87. The molecule has 0 unspecified atom stereocenters. The minimum atomic E-state index is -3.13. The molecule has 1 heterocycles. The van der Waals surface area contributed by atoms with Crippen LogP contribution >= 0.6 is 0 Å². The van der Waals surface area contributed by atoms with Gasteiger partial charge in [0.05, 0.1) is 13.1 Å². The highest BCUT2D eigenvalue weighted by molar-refractivity contribution is 5.76. The molecule has 24 heavy (non-hydrogen) atoms. The molecule has 130 valence electrons. The first kappa shape index (κ1) is 17.9. The van der Waals surface area contributed by atoms with Crippen LogP contribution in [0.15, 0.2) is 22.7 Å². The Labute approximate surface area is 136 Å². The third kappa shape index (κ3) is 4.79. The zero-order valence-corrected chi connectivity index (χ0v) is 13.0. The molecule has 2 rings (SSSR count). The summed E-state index contributed by atoms with van der Waals surface area (Å²) in [7, 11) is 0. The van der Waals surface area contributed by atoms with Crippen LogP contribution in [0.5, 0.6) is 0 Å². The average Bonchev–Trinajstić information content (AvgIpc) is 3.02. The number of hydrogen-bond donors (Lipinski definition) is 2. The van der Waals surface area contributed by atoms with Crippen molar-refractivity contribution in [2.24, 2.45) is 5.73 Å². The molecule has 6 nitrogen and oxygen atoms in total. The number of nitrogens with zero attached hydrogens (tertiary/aromatic N) is 2. The number of aromatic nitrogens is 2. The van der Waals surface area contributed by atoms with Crippen molar-refractivity contribution in [3.05, 3.63) is 35.5 Å². The van der Waals surface area contributed by atoms with Gasteiger partial charge in [-0.25, -0.2) is 13.2 Å². The van der Waals surface area contributed by atoms with Gasteiger partial charge in [0.2, 0.25) is 17.6 Å². The van der Waals surface area contributed by atoms with E-state index in [0.29, 0.717) is 11.1 Å². The van der Waals surface area contributed by atoms with Crippen LogP contribution in [-0.2, 0) is 11.2 Å². The van der Waals surface area contributed by atoms with Gasteiger partial charge in [-0.3, -0.25) is 4.79 Å². The molecule has 3 N–H and O–H groups in total. The van der Waals surface area contributed by atoms with Gasteiger partial charge in [0.1, 0.15) is 5.82 Å². The SMILES string of the molecule is Cc1cc(-c2noc(CCC(=O)NCC(F)(F)CN)n2)ccc1F. The number of rotatable bonds is 7. The van der Waals surface area contributed by atoms with E-state index in [4.69, 9.17) is 10.3 Å². The number of benzene rings is 1. The molecular formula is C15H17F3N4O2. The Kier molecular flexibility index (Phi) is 5.55. The van der Waals surface area contributed by atoms with Crippen molar-refractivity contribution in [2.45, 2.75) is 25.7 Å². The molecule has 0 saturated carbocycles. The first-order valence-corrected chi connectivity index (χ1v) is 7.24. The zero-order chi connectivity index (χ0) is 17.7. The first-order valence-electron chi connectivity index (χ1n) is 7.24. The Morgan fingerprint density at radius 1 is 1.42 bits per heavy atom. The molecule has 0 spiro atoms. The van der Waals surface area contributed by atoms with E-state index in [1.807, 2.05) is 0 Å². The second-order valence-electron chi connectivity index (χ2n) is 5.31. The van der Waals surface area contributed by atoms with Crippen molar-refractivity contribution >= 4 is 5.91 Å². The fourth-order valence-corrected chi connectivity index (χ4v) is 1.87. The number of amides is 1. The summed E-state index contributed by atoms with van der Waals surface area (Å²) >= 11 is 0. The smallest absolute Gasteiger partial charge is 0.277 e. The molecule has 1 aromatic heterocycles. The van der Waals surface area contributed by atoms with Gasteiger partial charge < -0.3 is 15.6 Å². The largest absolute Gasteiger partial charge is 0.350 e. The summed E-state index contributed by atoms with van der Waals surface area (Å²) in [4.78, 5) is 15.6. The molecule has 1 amide bonds. The van der Waals surface area contributed by atoms with Crippen molar-refractivity contribution in [3.63, 3.8) is 0 Å². The number of carbonyl (C=O) groups excluding carboxylic acids is 1. The highest BCUT2D eigenvalue weighted by Gasteiger charge is 2.27. The number of halogens is 3. The minimum Gasteiger partial charge on any atom is -0.350 e. The van der Waals surface area contributed by atoms with Gasteiger partial charge in [0.25, 0.3) is 5.92 Å². The Balaban J connectivity index is 1.90. The van der Waals surface area contributed by atoms with Crippen LogP contribution in [0.2, 0.25) is 0 Å². The van der Waals surface area contributed by atoms with Gasteiger partial charge in [-0.15, -0.1) is 0 Å². The molecule has 0 atom stereocenters. The van der Waals surface area contributed by atoms with Crippen molar-refractivity contribution in [1.29, 1.82) is 0 Å². The van der Waals surface area contributed by atoms with Gasteiger partial charge in [-0.2, -0.15) is 4.98 Å². The molecule has 0 aliphatic heterocycles. The Morgan fingerprint density at radius 2 is 2.17 bits per heavy atom. The van der Waals surface area contributed by atoms with Crippen LogP contribution in [-0.4, -0.2) is 35.1 Å². The van der Waals surface area contributed by atoms with Crippen molar-refractivity contribution in [1.82, 2.24) is 15.5 Å². The molecule has 0 aliphatic carbocycles. The summed E-state index contributed by atoms with van der Waals surface area (Å²) in [5.74, 6) is -3.59. The normalized spacial score (nSPS) is 11.5. The molecule has 0 aliphatic rings. The summed E-state index contributed by atoms with van der Waals surface area (Å²) in [5.41, 5.74) is 5.90. The lowest BCUT2D eigenvalue weighted by molar-refractivity contribution is -0.122. The predicted octanol–water partition coefficient (Wildman–Crippen LogP) is 1.83. The van der Waals surface area contributed by atoms with Gasteiger partial charge in [0.15, 0.2) is 0 Å². The lowest BCUT2D eigenvalue weighted by Crippen LogP contribution is -2.41. The van der Waals surface area contributed by atoms with E-state index in [1.165, 1.54) is 12.1 Å². The third-order valence-electron chi connectivity index (χ3n) is 3.29. The second-order valence-corrected chi connectivity index (χ2v) is 5.31. The topological polar surface area (TPSA) is 94.0 Å². The Bertz CT molecular complexity index is 718. The first-order chi connectivity index (χ1) is 11.3. The summed E-state index contributed by atoms with van der Waals surface area (Å²) in [6.45, 7) is -0.0368. The lowest BCUT2D eigenvalue weighted by atomic mass is 10.1. The maximum Gasteiger partial charge on any atom is 0.277 e. The molecule has 2 aromatic rings. The van der Waals surface area contributed by atoms with E-state index in [2.05, 4.69) is 15.5 Å². The van der Waals surface area contributed by atoms with Gasteiger partial charge in [0, 0.05) is 18.4 Å². The minimum absolute atomic E-state index is 0.0786. The maximum absolute atomic E-state index is 13.2. The number of carbonyl (C=O) groups is 1. The van der Waals surface area contributed by atoms with Gasteiger partial charge >= 0.3 is 0 Å². The molecule has 0 bridgehead atoms. The molecular weight excluding hydrogens is 325 g/mol. The van der Waals surface area contributed by atoms with E-state index >= 15 is 0 Å². The van der Waals surface area contributed by atoms with E-state index in [0.717, 1.165) is 0 Å². The van der Waals surface area contributed by atoms with Crippen LogP contribution in [0.3, 0.4) is 0 Å². The molecule has 0 fully saturated rings. The summed E-state index contributed by atoms with van der Waals surface area (Å²) in [6.07, 6.45) is 0.0257. The van der Waals surface area contributed by atoms with Gasteiger partial charge in [-0.1, -0.05) is 5.16 Å². The highest BCUT2D eigenvalue weighted by atomic mass is 19.3. The molecule has 9 heteroatoms. The van der Waals surface area contributed by atoms with Crippen LogP contribution in [0.1, 0.15) is 17.9 Å². The average molecular weight is 342 g/mol. The number of alkyl halides is 2. The van der Waals surface area contributed by atoms with E-state index in [1.54, 1.807) is 13.0 Å². The maximum atomic E-state index is 13.2. The number of nitrogens with two attached hydrogens (primary N) is 1. The van der Waals surface area contributed by atoms with Crippen LogP contribution in [0.4, 0.5) is 13.2 Å². The molecule has 0 saturated heterocycles. The van der Waals surface area contributed by atoms with Crippen molar-refractivity contribution < 1.29 is 22.5 Å². The molecule has 1 aromatic carbocycles. The van der Waals surface area contributed by atoms with Crippen LogP contribution in [0.25, 0.3) is 11.4 Å². The summed E-state index contributed by atoms with van der Waals surface area (Å²) in [6, 6.07) is 4.38. The lowest BCUT2D eigenvalue weighted by Gasteiger charge is -2.14. The monoisotopic (exact) mass is 342 g/mol. The fraction of sp³-hybridized carbons (Fsp3) is 0.400. The van der Waals surface area contributed by atoms with E-state index in [9.17, 15) is 18.0 Å². The quantitative estimate of drug-likeness (QED) is 0.800. The number of aryl methyl sites for hydroxylation is 2. The second kappa shape index (κ2) is 7.43. The summed E-state index contributed by atoms with van der Waals surface area (Å²) < 4.78 is 44.1. The van der Waals surface area contributed by atoms with Crippen molar-refractivity contribution in [3.8, 4) is 11.4 Å². The highest BCUT2D eigenvalue weighted by Crippen LogP contribution is 2.19. The van der Waals surface area contributed by atoms with Crippen LogP contribution in [0, 0.1) is 12.7 Å². The van der Waals surface area contributed by atoms with E-state index in [-0.39, 0.29) is 30.4 Å². The zero-order valence-electron chi connectivity index (χ0n) is 13.0. The Hall–Kier alpha value is -2.42. The number of hydrogen-bond acceptors (Lipinski definition) is 5. The third-order valence-corrected chi connectivity index (χ3v) is 3.29. The summed E-state index contributed by atoms with van der Waals surface area (Å²) in [5, 5.41) is 5.85. The number of nitrogens with one attached hydrogen (secondary N) is 1. The van der Waals surface area contributed by atoms with Crippen LogP contribution < -0.4 is 11.1 Å². The van der Waals surface area contributed by atoms with Crippen molar-refractivity contribution in [2.75, 3.05) is 13.1 Å². The Morgan fingerprint density at radius 3 is 2.83 bits per heavy atom.